The average Bonchev–Trinajstić information content (AvgIpc) is 3.27. The predicted molar refractivity (Wildman–Crippen MR) is 135 cm³/mol. The summed E-state index contributed by atoms with van der Waals surface area (Å²) < 4.78 is 12.9. The second-order valence-electron chi connectivity index (χ2n) is 7.00. The number of carbonyl (C=O) groups is 1. The summed E-state index contributed by atoms with van der Waals surface area (Å²) in [4.78, 5) is 12.6. The molecule has 0 fully saturated rings. The van der Waals surface area contributed by atoms with Crippen molar-refractivity contribution < 1.29 is 14.3 Å². The third kappa shape index (κ3) is 6.02. The molecule has 0 unspecified atom stereocenters. The van der Waals surface area contributed by atoms with Gasteiger partial charge in [0.1, 0.15) is 18.1 Å². The van der Waals surface area contributed by atoms with Gasteiger partial charge in [-0.05, 0) is 48.5 Å². The lowest BCUT2D eigenvalue weighted by atomic mass is 10.3. The molecule has 0 saturated carbocycles. The highest BCUT2D eigenvalue weighted by Gasteiger charge is 2.17. The molecule has 0 radical (unpaired) electrons. The van der Waals surface area contributed by atoms with Crippen molar-refractivity contribution in [3.05, 3.63) is 88.7 Å². The molecule has 4 rings (SSSR count). The summed E-state index contributed by atoms with van der Waals surface area (Å²) in [5.41, 5.74) is 1.46. The van der Waals surface area contributed by atoms with E-state index in [0.717, 1.165) is 5.69 Å². The van der Waals surface area contributed by atoms with E-state index in [1.807, 2.05) is 34.9 Å². The van der Waals surface area contributed by atoms with Crippen molar-refractivity contribution >= 4 is 46.6 Å². The molecule has 4 aromatic rings. The zero-order valence-corrected chi connectivity index (χ0v) is 20.4. The van der Waals surface area contributed by atoms with Gasteiger partial charge in [-0.1, -0.05) is 53.2 Å². The fourth-order valence-corrected chi connectivity index (χ4v) is 4.16. The summed E-state index contributed by atoms with van der Waals surface area (Å²) in [5.74, 6) is 1.69. The van der Waals surface area contributed by atoms with Gasteiger partial charge in [-0.2, -0.15) is 0 Å². The van der Waals surface area contributed by atoms with Gasteiger partial charge in [0.25, 0.3) is 0 Å². The van der Waals surface area contributed by atoms with Gasteiger partial charge < -0.3 is 14.8 Å². The first-order chi connectivity index (χ1) is 16.5. The molecule has 1 heterocycles. The Morgan fingerprint density at radius 2 is 1.79 bits per heavy atom. The molecule has 0 saturated heterocycles. The van der Waals surface area contributed by atoms with Gasteiger partial charge in [-0.25, -0.2) is 0 Å². The number of ether oxygens (including phenoxy) is 2. The van der Waals surface area contributed by atoms with E-state index >= 15 is 0 Å². The Morgan fingerprint density at radius 1 is 1.03 bits per heavy atom. The van der Waals surface area contributed by atoms with Crippen LogP contribution in [0.25, 0.3) is 5.69 Å². The molecule has 1 amide bonds. The van der Waals surface area contributed by atoms with Crippen LogP contribution >= 0.6 is 35.0 Å². The molecule has 1 N–H and O–H groups in total. The Labute approximate surface area is 211 Å². The van der Waals surface area contributed by atoms with Crippen molar-refractivity contribution in [1.29, 1.82) is 0 Å². The number of thioether (sulfide) groups is 1. The van der Waals surface area contributed by atoms with Gasteiger partial charge in [0.2, 0.25) is 5.91 Å². The summed E-state index contributed by atoms with van der Waals surface area (Å²) >= 11 is 13.3. The van der Waals surface area contributed by atoms with E-state index in [2.05, 4.69) is 15.5 Å². The largest absolute Gasteiger partial charge is 0.495 e. The summed E-state index contributed by atoms with van der Waals surface area (Å²) in [6.45, 7) is 0.195. The third-order valence-corrected chi connectivity index (χ3v) is 6.16. The highest BCUT2D eigenvalue weighted by Crippen LogP contribution is 2.28. The van der Waals surface area contributed by atoms with Crippen molar-refractivity contribution in [2.24, 2.45) is 0 Å². The van der Waals surface area contributed by atoms with Crippen molar-refractivity contribution in [1.82, 2.24) is 14.8 Å². The smallest absolute Gasteiger partial charge is 0.234 e. The highest BCUT2D eigenvalue weighted by atomic mass is 35.5. The number of hydrogen-bond acceptors (Lipinski definition) is 6. The van der Waals surface area contributed by atoms with Crippen LogP contribution in [0.4, 0.5) is 5.69 Å². The first-order valence-electron chi connectivity index (χ1n) is 10.2. The van der Waals surface area contributed by atoms with Crippen molar-refractivity contribution in [2.45, 2.75) is 11.8 Å². The van der Waals surface area contributed by atoms with Gasteiger partial charge in [-0.3, -0.25) is 9.36 Å². The molecule has 0 spiro atoms. The number of methoxy groups -OCH3 is 1. The van der Waals surface area contributed by atoms with Crippen molar-refractivity contribution in [3.8, 4) is 17.2 Å². The number of anilines is 1. The SMILES string of the molecule is COc1cc(NC(=O)CSc2nnc(COc3ccc(Cl)cc3)n2-c2ccccc2)ccc1Cl. The maximum absolute atomic E-state index is 12.6. The van der Waals surface area contributed by atoms with Crippen LogP contribution < -0.4 is 14.8 Å². The predicted octanol–water partition coefficient (Wildman–Crippen LogP) is 5.89. The fourth-order valence-electron chi connectivity index (χ4n) is 3.07. The Morgan fingerprint density at radius 3 is 2.53 bits per heavy atom. The maximum atomic E-state index is 12.6. The minimum absolute atomic E-state index is 0.133. The van der Waals surface area contributed by atoms with Crippen LogP contribution in [-0.4, -0.2) is 33.5 Å². The normalized spacial score (nSPS) is 10.7. The molecule has 0 aliphatic rings. The van der Waals surface area contributed by atoms with Crippen LogP contribution in [0.15, 0.2) is 78.0 Å². The van der Waals surface area contributed by atoms with Crippen LogP contribution in [0.3, 0.4) is 0 Å². The summed E-state index contributed by atoms with van der Waals surface area (Å²) in [5, 5.41) is 13.1. The van der Waals surface area contributed by atoms with E-state index < -0.39 is 0 Å². The van der Waals surface area contributed by atoms with E-state index in [1.54, 1.807) is 42.5 Å². The monoisotopic (exact) mass is 514 g/mol. The molecule has 0 atom stereocenters. The number of hydrogen-bond donors (Lipinski definition) is 1. The number of nitrogens with zero attached hydrogens (tertiary/aromatic N) is 3. The fraction of sp³-hybridized carbons (Fsp3) is 0.125. The molecule has 34 heavy (non-hydrogen) atoms. The standard InChI is InChI=1S/C24H20Cl2N4O3S/c1-32-21-13-17(9-12-20(21)26)27-23(31)15-34-24-29-28-22(30(24)18-5-3-2-4-6-18)14-33-19-10-7-16(25)8-11-19/h2-13H,14-15H2,1H3,(H,27,31). The minimum atomic E-state index is -0.198. The second kappa shape index (κ2) is 11.3. The molecule has 0 bridgehead atoms. The summed E-state index contributed by atoms with van der Waals surface area (Å²) in [7, 11) is 1.52. The van der Waals surface area contributed by atoms with E-state index in [4.69, 9.17) is 32.7 Å². The van der Waals surface area contributed by atoms with Crippen LogP contribution in [0.1, 0.15) is 5.82 Å². The van der Waals surface area contributed by atoms with Crippen LogP contribution in [0.5, 0.6) is 11.5 Å². The topological polar surface area (TPSA) is 78.3 Å². The number of halogens is 2. The van der Waals surface area contributed by atoms with Crippen molar-refractivity contribution in [2.75, 3.05) is 18.2 Å². The zero-order valence-electron chi connectivity index (χ0n) is 18.1. The number of carbonyl (C=O) groups excluding carboxylic acids is 1. The first kappa shape index (κ1) is 23.9. The Bertz CT molecular complexity index is 1270. The van der Waals surface area contributed by atoms with Crippen LogP contribution in [-0.2, 0) is 11.4 Å². The van der Waals surface area contributed by atoms with E-state index in [1.165, 1.54) is 18.9 Å². The lowest BCUT2D eigenvalue weighted by Crippen LogP contribution is -2.15. The molecular formula is C24H20Cl2N4O3S. The second-order valence-corrected chi connectivity index (χ2v) is 8.78. The van der Waals surface area contributed by atoms with E-state index in [-0.39, 0.29) is 18.3 Å². The highest BCUT2D eigenvalue weighted by molar-refractivity contribution is 7.99. The number of aromatic nitrogens is 3. The Balaban J connectivity index is 1.47. The molecular weight excluding hydrogens is 495 g/mol. The number of rotatable bonds is 9. The van der Waals surface area contributed by atoms with Crippen LogP contribution in [0.2, 0.25) is 10.0 Å². The molecule has 10 heteroatoms. The van der Waals surface area contributed by atoms with Gasteiger partial charge in [0.05, 0.1) is 17.9 Å². The van der Waals surface area contributed by atoms with Gasteiger partial charge in [-0.15, -0.1) is 10.2 Å². The summed E-state index contributed by atoms with van der Waals surface area (Å²) in [6.07, 6.45) is 0. The average molecular weight is 515 g/mol. The number of benzene rings is 3. The zero-order chi connectivity index (χ0) is 23.9. The number of para-hydroxylation sites is 1. The quantitative estimate of drug-likeness (QED) is 0.280. The molecule has 1 aromatic heterocycles. The number of nitrogens with one attached hydrogen (secondary N) is 1. The first-order valence-corrected chi connectivity index (χ1v) is 11.9. The molecule has 0 aliphatic heterocycles. The van der Waals surface area contributed by atoms with Gasteiger partial charge >= 0.3 is 0 Å². The lowest BCUT2D eigenvalue weighted by molar-refractivity contribution is -0.113. The lowest BCUT2D eigenvalue weighted by Gasteiger charge is -2.11. The third-order valence-electron chi connectivity index (χ3n) is 4.66. The summed E-state index contributed by atoms with van der Waals surface area (Å²) in [6, 6.07) is 21.8. The van der Waals surface area contributed by atoms with Gasteiger partial charge in [0.15, 0.2) is 11.0 Å². The molecule has 174 valence electrons. The molecule has 3 aromatic carbocycles. The van der Waals surface area contributed by atoms with Gasteiger partial charge in [0, 0.05) is 22.5 Å². The van der Waals surface area contributed by atoms with E-state index in [9.17, 15) is 4.79 Å². The van der Waals surface area contributed by atoms with Crippen LogP contribution in [0, 0.1) is 0 Å². The maximum Gasteiger partial charge on any atom is 0.234 e. The van der Waals surface area contributed by atoms with Crippen molar-refractivity contribution in [3.63, 3.8) is 0 Å². The number of amides is 1. The van der Waals surface area contributed by atoms with E-state index in [0.29, 0.717) is 38.2 Å². The Kier molecular flexibility index (Phi) is 7.95. The Hall–Kier alpha value is -3.20. The minimum Gasteiger partial charge on any atom is -0.495 e. The molecule has 7 nitrogen and oxygen atoms in total. The molecule has 0 aliphatic carbocycles.